The zero-order chi connectivity index (χ0) is 12.2. The highest BCUT2D eigenvalue weighted by Crippen LogP contribution is 2.30. The SMILES string of the molecule is C=C[C@@H]1OC(C)(C)O[C@@H]1CCC(=O)OCC. The summed E-state index contributed by atoms with van der Waals surface area (Å²) in [5, 5.41) is 0. The lowest BCUT2D eigenvalue weighted by molar-refractivity contribution is -0.149. The van der Waals surface area contributed by atoms with Crippen LogP contribution >= 0.6 is 0 Å². The highest BCUT2D eigenvalue weighted by atomic mass is 16.7. The van der Waals surface area contributed by atoms with Gasteiger partial charge >= 0.3 is 5.97 Å². The first kappa shape index (κ1) is 13.2. The van der Waals surface area contributed by atoms with Crippen LogP contribution < -0.4 is 0 Å². The summed E-state index contributed by atoms with van der Waals surface area (Å²) >= 11 is 0. The van der Waals surface area contributed by atoms with E-state index in [4.69, 9.17) is 14.2 Å². The van der Waals surface area contributed by atoms with Crippen LogP contribution in [0, 0.1) is 0 Å². The highest BCUT2D eigenvalue weighted by molar-refractivity contribution is 5.69. The zero-order valence-corrected chi connectivity index (χ0v) is 10.2. The van der Waals surface area contributed by atoms with Crippen molar-refractivity contribution >= 4 is 5.97 Å². The van der Waals surface area contributed by atoms with Gasteiger partial charge in [0.05, 0.1) is 12.7 Å². The molecule has 0 spiro atoms. The van der Waals surface area contributed by atoms with Gasteiger partial charge in [-0.3, -0.25) is 4.79 Å². The summed E-state index contributed by atoms with van der Waals surface area (Å²) in [6, 6.07) is 0. The van der Waals surface area contributed by atoms with Gasteiger partial charge in [0, 0.05) is 6.42 Å². The van der Waals surface area contributed by atoms with Gasteiger partial charge in [-0.05, 0) is 27.2 Å². The van der Waals surface area contributed by atoms with Crippen LogP contribution in [0.2, 0.25) is 0 Å². The number of carbonyl (C=O) groups is 1. The van der Waals surface area contributed by atoms with E-state index in [2.05, 4.69) is 6.58 Å². The molecule has 1 fully saturated rings. The molecule has 0 aromatic heterocycles. The monoisotopic (exact) mass is 228 g/mol. The minimum atomic E-state index is -0.599. The van der Waals surface area contributed by atoms with Gasteiger partial charge in [-0.2, -0.15) is 0 Å². The Morgan fingerprint density at radius 3 is 2.75 bits per heavy atom. The Balaban J connectivity index is 2.41. The van der Waals surface area contributed by atoms with E-state index in [1.54, 1.807) is 13.0 Å². The molecule has 1 aliphatic heterocycles. The van der Waals surface area contributed by atoms with Crippen molar-refractivity contribution in [2.45, 2.75) is 51.6 Å². The van der Waals surface area contributed by atoms with Crippen LogP contribution in [0.3, 0.4) is 0 Å². The van der Waals surface area contributed by atoms with E-state index < -0.39 is 5.79 Å². The lowest BCUT2D eigenvalue weighted by Gasteiger charge is -2.16. The minimum absolute atomic E-state index is 0.114. The molecule has 1 aliphatic rings. The summed E-state index contributed by atoms with van der Waals surface area (Å²) in [4.78, 5) is 11.2. The minimum Gasteiger partial charge on any atom is -0.466 e. The molecular weight excluding hydrogens is 208 g/mol. The molecule has 4 nitrogen and oxygen atoms in total. The molecule has 0 radical (unpaired) electrons. The number of hydrogen-bond donors (Lipinski definition) is 0. The fraction of sp³-hybridized carbons (Fsp3) is 0.750. The Morgan fingerprint density at radius 2 is 2.19 bits per heavy atom. The van der Waals surface area contributed by atoms with E-state index in [1.807, 2.05) is 13.8 Å². The van der Waals surface area contributed by atoms with Crippen molar-refractivity contribution in [3.63, 3.8) is 0 Å². The van der Waals surface area contributed by atoms with E-state index in [-0.39, 0.29) is 18.2 Å². The van der Waals surface area contributed by atoms with E-state index >= 15 is 0 Å². The normalized spacial score (nSPS) is 27.7. The van der Waals surface area contributed by atoms with Crippen LogP contribution in [0.5, 0.6) is 0 Å². The summed E-state index contributed by atoms with van der Waals surface area (Å²) in [5.74, 6) is -0.795. The molecule has 0 amide bonds. The van der Waals surface area contributed by atoms with E-state index in [9.17, 15) is 4.79 Å². The third-order valence-corrected chi connectivity index (χ3v) is 2.39. The van der Waals surface area contributed by atoms with Gasteiger partial charge in [0.25, 0.3) is 0 Å². The molecule has 1 saturated heterocycles. The Labute approximate surface area is 96.6 Å². The van der Waals surface area contributed by atoms with Gasteiger partial charge in [-0.1, -0.05) is 6.08 Å². The maximum Gasteiger partial charge on any atom is 0.305 e. The van der Waals surface area contributed by atoms with Crippen LogP contribution in [0.25, 0.3) is 0 Å². The van der Waals surface area contributed by atoms with Crippen molar-refractivity contribution in [3.05, 3.63) is 12.7 Å². The molecule has 0 aromatic carbocycles. The first-order valence-electron chi connectivity index (χ1n) is 5.62. The fourth-order valence-corrected chi connectivity index (χ4v) is 1.78. The van der Waals surface area contributed by atoms with Crippen molar-refractivity contribution in [1.29, 1.82) is 0 Å². The first-order valence-corrected chi connectivity index (χ1v) is 5.62. The molecule has 0 N–H and O–H groups in total. The smallest absolute Gasteiger partial charge is 0.305 e. The standard InChI is InChI=1S/C12H20O4/c1-5-9-10(16-12(3,4)15-9)7-8-11(13)14-6-2/h5,9-10H,1,6-8H2,2-4H3/t9-,10+/m0/s1. The summed E-state index contributed by atoms with van der Waals surface area (Å²) in [6.45, 7) is 9.62. The van der Waals surface area contributed by atoms with Crippen LogP contribution in [0.1, 0.15) is 33.6 Å². The predicted molar refractivity (Wildman–Crippen MR) is 59.9 cm³/mol. The van der Waals surface area contributed by atoms with Crippen LogP contribution in [-0.2, 0) is 19.0 Å². The summed E-state index contributed by atoms with van der Waals surface area (Å²) < 4.78 is 16.2. The molecule has 0 bridgehead atoms. The molecule has 0 aromatic rings. The van der Waals surface area contributed by atoms with Gasteiger partial charge in [0.15, 0.2) is 5.79 Å². The molecule has 0 saturated carbocycles. The van der Waals surface area contributed by atoms with Gasteiger partial charge in [0.1, 0.15) is 6.10 Å². The lowest BCUT2D eigenvalue weighted by Crippen LogP contribution is -2.22. The summed E-state index contributed by atoms with van der Waals surface area (Å²) in [7, 11) is 0. The third kappa shape index (κ3) is 3.61. The van der Waals surface area contributed by atoms with Crippen molar-refractivity contribution < 1.29 is 19.0 Å². The molecule has 16 heavy (non-hydrogen) atoms. The van der Waals surface area contributed by atoms with E-state index in [0.29, 0.717) is 19.4 Å². The molecule has 0 aliphatic carbocycles. The van der Waals surface area contributed by atoms with Crippen molar-refractivity contribution in [1.82, 2.24) is 0 Å². The largest absolute Gasteiger partial charge is 0.466 e. The van der Waals surface area contributed by atoms with Gasteiger partial charge in [-0.15, -0.1) is 6.58 Å². The number of carbonyl (C=O) groups excluding carboxylic acids is 1. The number of esters is 1. The molecule has 92 valence electrons. The molecule has 0 unspecified atom stereocenters. The van der Waals surface area contributed by atoms with E-state index in [1.165, 1.54) is 0 Å². The Bertz CT molecular complexity index is 260. The number of ether oxygens (including phenoxy) is 3. The average Bonchev–Trinajstić information content (AvgIpc) is 2.51. The van der Waals surface area contributed by atoms with Crippen molar-refractivity contribution in [2.24, 2.45) is 0 Å². The second-order valence-corrected chi connectivity index (χ2v) is 4.22. The molecular formula is C12H20O4. The van der Waals surface area contributed by atoms with Crippen LogP contribution in [0.15, 0.2) is 12.7 Å². The second-order valence-electron chi connectivity index (χ2n) is 4.22. The van der Waals surface area contributed by atoms with Gasteiger partial charge in [-0.25, -0.2) is 0 Å². The number of rotatable bonds is 5. The maximum atomic E-state index is 11.2. The Kier molecular flexibility index (Phi) is 4.50. The Hall–Kier alpha value is -0.870. The fourth-order valence-electron chi connectivity index (χ4n) is 1.78. The van der Waals surface area contributed by atoms with Gasteiger partial charge in [0.2, 0.25) is 0 Å². The average molecular weight is 228 g/mol. The number of hydrogen-bond acceptors (Lipinski definition) is 4. The Morgan fingerprint density at radius 1 is 1.50 bits per heavy atom. The molecule has 2 atom stereocenters. The second kappa shape index (κ2) is 5.46. The topological polar surface area (TPSA) is 44.8 Å². The summed E-state index contributed by atoms with van der Waals surface area (Å²) in [6.07, 6.45) is 2.40. The van der Waals surface area contributed by atoms with Gasteiger partial charge < -0.3 is 14.2 Å². The lowest BCUT2D eigenvalue weighted by atomic mass is 10.1. The summed E-state index contributed by atoms with van der Waals surface area (Å²) in [5.41, 5.74) is 0. The first-order chi connectivity index (χ1) is 7.48. The maximum absolute atomic E-state index is 11.2. The molecule has 1 heterocycles. The van der Waals surface area contributed by atoms with Crippen LogP contribution in [-0.4, -0.2) is 30.6 Å². The third-order valence-electron chi connectivity index (χ3n) is 2.39. The predicted octanol–water partition coefficient (Wildman–Crippen LogP) is 2.04. The van der Waals surface area contributed by atoms with Crippen LogP contribution in [0.4, 0.5) is 0 Å². The molecule has 1 rings (SSSR count). The zero-order valence-electron chi connectivity index (χ0n) is 10.2. The molecule has 4 heteroatoms. The van der Waals surface area contributed by atoms with Crippen molar-refractivity contribution in [3.8, 4) is 0 Å². The highest BCUT2D eigenvalue weighted by Gasteiger charge is 2.39. The quantitative estimate of drug-likeness (QED) is 0.533. The van der Waals surface area contributed by atoms with Crippen molar-refractivity contribution in [2.75, 3.05) is 6.61 Å². The van der Waals surface area contributed by atoms with E-state index in [0.717, 1.165) is 0 Å².